The number of nitrogens with one attached hydrogen (secondary N) is 1. The molecule has 0 saturated heterocycles. The summed E-state index contributed by atoms with van der Waals surface area (Å²) in [5, 5.41) is 3.37. The smallest absolute Gasteiger partial charge is 0.129 e. The van der Waals surface area contributed by atoms with E-state index in [-0.39, 0.29) is 5.92 Å². The van der Waals surface area contributed by atoms with Gasteiger partial charge in [-0.05, 0) is 55.8 Å². The lowest BCUT2D eigenvalue weighted by Gasteiger charge is -2.37. The minimum absolute atomic E-state index is 0.264. The van der Waals surface area contributed by atoms with Crippen LogP contribution >= 0.6 is 0 Å². The zero-order chi connectivity index (χ0) is 12.3. The van der Waals surface area contributed by atoms with Crippen LogP contribution in [0, 0.1) is 17.6 Å². The highest BCUT2D eigenvalue weighted by molar-refractivity contribution is 5.25. The van der Waals surface area contributed by atoms with Gasteiger partial charge in [0, 0.05) is 6.07 Å². The summed E-state index contributed by atoms with van der Waals surface area (Å²) in [6.45, 7) is 4.08. The maximum Gasteiger partial charge on any atom is 0.129 e. The molecule has 0 spiro atoms. The van der Waals surface area contributed by atoms with Gasteiger partial charge in [0.05, 0.1) is 0 Å². The topological polar surface area (TPSA) is 12.0 Å². The van der Waals surface area contributed by atoms with Gasteiger partial charge >= 0.3 is 0 Å². The number of benzene rings is 1. The van der Waals surface area contributed by atoms with Gasteiger partial charge in [0.25, 0.3) is 0 Å². The van der Waals surface area contributed by atoms with E-state index < -0.39 is 11.6 Å². The Balaban J connectivity index is 1.97. The van der Waals surface area contributed by atoms with Gasteiger partial charge in [0.15, 0.2) is 0 Å². The molecule has 0 heterocycles. The molecule has 0 aromatic heterocycles. The first kappa shape index (κ1) is 12.5. The molecule has 3 heteroatoms. The maximum atomic E-state index is 13.6. The monoisotopic (exact) mass is 239 g/mol. The molecule has 0 bridgehead atoms. The van der Waals surface area contributed by atoms with E-state index >= 15 is 0 Å². The van der Waals surface area contributed by atoms with Crippen LogP contribution in [-0.4, -0.2) is 13.1 Å². The molecule has 2 rings (SSSR count). The number of hydrogen-bond acceptors (Lipinski definition) is 1. The lowest BCUT2D eigenvalue weighted by Crippen LogP contribution is -2.34. The van der Waals surface area contributed by atoms with Gasteiger partial charge in [-0.1, -0.05) is 13.0 Å². The molecule has 0 radical (unpaired) electrons. The molecule has 2 unspecified atom stereocenters. The number of halogens is 2. The molecule has 1 nitrogen and oxygen atoms in total. The van der Waals surface area contributed by atoms with Crippen molar-refractivity contribution in [2.75, 3.05) is 13.1 Å². The second-order valence-electron chi connectivity index (χ2n) is 4.81. The van der Waals surface area contributed by atoms with Crippen molar-refractivity contribution < 1.29 is 8.78 Å². The summed E-state index contributed by atoms with van der Waals surface area (Å²) in [4.78, 5) is 0. The lowest BCUT2D eigenvalue weighted by molar-refractivity contribution is 0.240. The fraction of sp³-hybridized carbons (Fsp3) is 0.571. The second kappa shape index (κ2) is 5.58. The van der Waals surface area contributed by atoms with Crippen LogP contribution in [-0.2, 0) is 0 Å². The van der Waals surface area contributed by atoms with Crippen LogP contribution in [0.4, 0.5) is 8.78 Å². The number of rotatable bonds is 5. The molecule has 1 aromatic rings. The summed E-state index contributed by atoms with van der Waals surface area (Å²) >= 11 is 0. The summed E-state index contributed by atoms with van der Waals surface area (Å²) in [6, 6.07) is 3.94. The Kier molecular flexibility index (Phi) is 4.11. The van der Waals surface area contributed by atoms with Gasteiger partial charge in [-0.2, -0.15) is 0 Å². The summed E-state index contributed by atoms with van der Waals surface area (Å²) in [7, 11) is 0. The molecular weight excluding hydrogens is 220 g/mol. The van der Waals surface area contributed by atoms with Crippen molar-refractivity contribution in [2.24, 2.45) is 5.92 Å². The summed E-state index contributed by atoms with van der Waals surface area (Å²) < 4.78 is 26.4. The Labute approximate surface area is 101 Å². The van der Waals surface area contributed by atoms with Crippen molar-refractivity contribution in [3.05, 3.63) is 35.4 Å². The molecule has 0 amide bonds. The van der Waals surface area contributed by atoms with Crippen LogP contribution in [0.5, 0.6) is 0 Å². The Morgan fingerprint density at radius 2 is 2.12 bits per heavy atom. The third-order valence-corrected chi connectivity index (χ3v) is 3.61. The minimum Gasteiger partial charge on any atom is -0.316 e. The van der Waals surface area contributed by atoms with Crippen LogP contribution in [0.3, 0.4) is 0 Å². The van der Waals surface area contributed by atoms with Crippen LogP contribution in [0.1, 0.15) is 37.7 Å². The van der Waals surface area contributed by atoms with Crippen molar-refractivity contribution in [3.8, 4) is 0 Å². The van der Waals surface area contributed by atoms with Crippen LogP contribution in [0.2, 0.25) is 0 Å². The zero-order valence-electron chi connectivity index (χ0n) is 10.2. The van der Waals surface area contributed by atoms with Crippen LogP contribution in [0.15, 0.2) is 18.2 Å². The molecule has 1 aliphatic rings. The predicted molar refractivity (Wildman–Crippen MR) is 65.0 cm³/mol. The van der Waals surface area contributed by atoms with Crippen molar-refractivity contribution in [1.82, 2.24) is 5.32 Å². The molecule has 2 atom stereocenters. The molecular formula is C14H19F2N. The molecule has 1 aromatic carbocycles. The van der Waals surface area contributed by atoms with E-state index in [1.807, 2.05) is 0 Å². The Hall–Kier alpha value is -0.960. The van der Waals surface area contributed by atoms with E-state index in [1.54, 1.807) is 6.07 Å². The summed E-state index contributed by atoms with van der Waals surface area (Å²) in [6.07, 6.45) is 3.27. The molecule has 1 N–H and O–H groups in total. The van der Waals surface area contributed by atoms with E-state index in [4.69, 9.17) is 0 Å². The number of hydrogen-bond donors (Lipinski definition) is 1. The SMILES string of the molecule is CCCNCC1CCC1c1ccc(F)cc1F. The summed E-state index contributed by atoms with van der Waals surface area (Å²) in [5.74, 6) is -0.122. The van der Waals surface area contributed by atoms with E-state index in [2.05, 4.69) is 12.2 Å². The molecule has 1 aliphatic carbocycles. The van der Waals surface area contributed by atoms with Gasteiger partial charge < -0.3 is 5.32 Å². The normalized spacial score (nSPS) is 23.5. The molecule has 94 valence electrons. The standard InChI is InChI=1S/C14H19F2N/c1-2-7-17-9-10-3-5-12(10)13-6-4-11(15)8-14(13)16/h4,6,8,10,12,17H,2-3,5,7,9H2,1H3. The third-order valence-electron chi connectivity index (χ3n) is 3.61. The zero-order valence-corrected chi connectivity index (χ0v) is 10.2. The highest BCUT2D eigenvalue weighted by Crippen LogP contribution is 2.43. The Morgan fingerprint density at radius 1 is 1.29 bits per heavy atom. The van der Waals surface area contributed by atoms with Crippen LogP contribution < -0.4 is 5.32 Å². The fourth-order valence-electron chi connectivity index (χ4n) is 2.49. The Bertz CT molecular complexity index is 378. The highest BCUT2D eigenvalue weighted by Gasteiger charge is 2.33. The van der Waals surface area contributed by atoms with Gasteiger partial charge in [0.1, 0.15) is 11.6 Å². The largest absolute Gasteiger partial charge is 0.316 e. The first-order chi connectivity index (χ1) is 8.22. The predicted octanol–water partition coefficient (Wildman–Crippen LogP) is 3.46. The minimum atomic E-state index is -0.494. The molecule has 1 saturated carbocycles. The van der Waals surface area contributed by atoms with Gasteiger partial charge in [-0.25, -0.2) is 8.78 Å². The third kappa shape index (κ3) is 2.83. The van der Waals surface area contributed by atoms with Crippen LogP contribution in [0.25, 0.3) is 0 Å². The first-order valence-electron chi connectivity index (χ1n) is 6.38. The van der Waals surface area contributed by atoms with Crippen molar-refractivity contribution in [3.63, 3.8) is 0 Å². The second-order valence-corrected chi connectivity index (χ2v) is 4.81. The molecule has 0 aliphatic heterocycles. The average molecular weight is 239 g/mol. The van der Waals surface area contributed by atoms with E-state index in [0.717, 1.165) is 38.4 Å². The lowest BCUT2D eigenvalue weighted by atomic mass is 9.70. The van der Waals surface area contributed by atoms with Gasteiger partial charge in [0.2, 0.25) is 0 Å². The Morgan fingerprint density at radius 3 is 2.71 bits per heavy atom. The van der Waals surface area contributed by atoms with Crippen molar-refractivity contribution in [2.45, 2.75) is 32.1 Å². The molecule has 17 heavy (non-hydrogen) atoms. The van der Waals surface area contributed by atoms with Gasteiger partial charge in [-0.3, -0.25) is 0 Å². The highest BCUT2D eigenvalue weighted by atomic mass is 19.1. The first-order valence-corrected chi connectivity index (χ1v) is 6.38. The van der Waals surface area contributed by atoms with E-state index in [0.29, 0.717) is 11.5 Å². The average Bonchev–Trinajstić information content (AvgIpc) is 2.26. The van der Waals surface area contributed by atoms with Gasteiger partial charge in [-0.15, -0.1) is 0 Å². The molecule has 1 fully saturated rings. The quantitative estimate of drug-likeness (QED) is 0.776. The maximum absolute atomic E-state index is 13.6. The van der Waals surface area contributed by atoms with Crippen molar-refractivity contribution in [1.29, 1.82) is 0 Å². The fourth-order valence-corrected chi connectivity index (χ4v) is 2.49. The van der Waals surface area contributed by atoms with Crippen molar-refractivity contribution >= 4 is 0 Å². The summed E-state index contributed by atoms with van der Waals surface area (Å²) in [5.41, 5.74) is 0.681. The van der Waals surface area contributed by atoms with E-state index in [9.17, 15) is 8.78 Å². The van der Waals surface area contributed by atoms with E-state index in [1.165, 1.54) is 6.07 Å².